The van der Waals surface area contributed by atoms with Crippen molar-refractivity contribution in [3.63, 3.8) is 0 Å². The third-order valence-electron chi connectivity index (χ3n) is 2.95. The lowest BCUT2D eigenvalue weighted by atomic mass is 10.0. The minimum atomic E-state index is 0.486. The number of benzene rings is 1. The van der Waals surface area contributed by atoms with Crippen molar-refractivity contribution in [1.29, 1.82) is 0 Å². The molecule has 90 valence electrons. The number of rotatable bonds is 1. The Balaban J connectivity index is 2.30. The highest BCUT2D eigenvalue weighted by molar-refractivity contribution is 6.35. The van der Waals surface area contributed by atoms with Crippen LogP contribution >= 0.6 is 11.6 Å². The van der Waals surface area contributed by atoms with Crippen LogP contribution in [0.25, 0.3) is 21.9 Å². The molecule has 0 atom stereocenters. The van der Waals surface area contributed by atoms with E-state index in [-0.39, 0.29) is 0 Å². The van der Waals surface area contributed by atoms with Gasteiger partial charge in [0.05, 0.1) is 10.7 Å². The molecule has 1 aromatic carbocycles. The van der Waals surface area contributed by atoms with Crippen molar-refractivity contribution in [3.8, 4) is 11.1 Å². The molecule has 0 aliphatic rings. The molecule has 0 saturated heterocycles. The van der Waals surface area contributed by atoms with E-state index >= 15 is 0 Å². The fourth-order valence-electron chi connectivity index (χ4n) is 2.04. The van der Waals surface area contributed by atoms with Crippen molar-refractivity contribution in [2.45, 2.75) is 6.92 Å². The van der Waals surface area contributed by atoms with E-state index in [2.05, 4.69) is 15.2 Å². The highest BCUT2D eigenvalue weighted by Gasteiger charge is 2.08. The van der Waals surface area contributed by atoms with Crippen LogP contribution in [0.3, 0.4) is 0 Å². The Morgan fingerprint density at radius 1 is 1.28 bits per heavy atom. The first-order valence-electron chi connectivity index (χ1n) is 5.50. The van der Waals surface area contributed by atoms with Crippen LogP contribution in [0.1, 0.15) is 5.69 Å². The lowest BCUT2D eigenvalue weighted by Gasteiger charge is -2.05. The third kappa shape index (κ3) is 1.71. The number of pyridine rings is 1. The maximum absolute atomic E-state index is 6.27. The van der Waals surface area contributed by atoms with Crippen molar-refractivity contribution in [3.05, 3.63) is 41.3 Å². The SMILES string of the molecule is Cc1n[nH]cc1-c1cc(Cl)c2cnc(N)cc2c1. The molecule has 0 amide bonds. The van der Waals surface area contributed by atoms with E-state index in [0.717, 1.165) is 27.6 Å². The van der Waals surface area contributed by atoms with Gasteiger partial charge in [-0.2, -0.15) is 5.10 Å². The Hall–Kier alpha value is -2.07. The van der Waals surface area contributed by atoms with Crippen molar-refractivity contribution >= 4 is 28.2 Å². The van der Waals surface area contributed by atoms with Crippen LogP contribution in [0.4, 0.5) is 5.82 Å². The molecule has 4 nitrogen and oxygen atoms in total. The van der Waals surface area contributed by atoms with Crippen LogP contribution < -0.4 is 5.73 Å². The molecule has 18 heavy (non-hydrogen) atoms. The first-order valence-corrected chi connectivity index (χ1v) is 5.88. The second kappa shape index (κ2) is 3.99. The molecule has 0 aliphatic carbocycles. The van der Waals surface area contributed by atoms with Crippen molar-refractivity contribution in [2.75, 3.05) is 5.73 Å². The summed E-state index contributed by atoms with van der Waals surface area (Å²) in [6.45, 7) is 1.95. The van der Waals surface area contributed by atoms with Crippen LogP contribution in [0.2, 0.25) is 5.02 Å². The smallest absolute Gasteiger partial charge is 0.123 e. The standard InChI is InChI=1S/C13H11ClN4/c1-7-10(6-17-18-7)8-2-9-4-13(15)16-5-11(9)12(14)3-8/h2-6H,1H3,(H2,15,16)(H,17,18). The van der Waals surface area contributed by atoms with E-state index in [1.54, 1.807) is 6.20 Å². The second-order valence-corrected chi connectivity index (χ2v) is 4.58. The highest BCUT2D eigenvalue weighted by atomic mass is 35.5. The Labute approximate surface area is 109 Å². The number of aromatic amines is 1. The second-order valence-electron chi connectivity index (χ2n) is 4.17. The normalized spacial score (nSPS) is 11.0. The fourth-order valence-corrected chi connectivity index (χ4v) is 2.31. The lowest BCUT2D eigenvalue weighted by molar-refractivity contribution is 1.05. The van der Waals surface area contributed by atoms with Gasteiger partial charge < -0.3 is 5.73 Å². The van der Waals surface area contributed by atoms with Gasteiger partial charge in [0.15, 0.2) is 0 Å². The van der Waals surface area contributed by atoms with Crippen LogP contribution in [0, 0.1) is 6.92 Å². The van der Waals surface area contributed by atoms with Crippen molar-refractivity contribution in [2.24, 2.45) is 0 Å². The van der Waals surface area contributed by atoms with E-state index < -0.39 is 0 Å². The summed E-state index contributed by atoms with van der Waals surface area (Å²) in [5, 5.41) is 9.50. The molecule has 2 aromatic heterocycles. The Bertz CT molecular complexity index is 733. The summed E-state index contributed by atoms with van der Waals surface area (Å²) in [6.07, 6.45) is 3.55. The molecule has 3 rings (SSSR count). The monoisotopic (exact) mass is 258 g/mol. The number of nitrogens with one attached hydrogen (secondary N) is 1. The number of hydrogen-bond acceptors (Lipinski definition) is 3. The van der Waals surface area contributed by atoms with Gasteiger partial charge in [-0.25, -0.2) is 4.98 Å². The summed E-state index contributed by atoms with van der Waals surface area (Å²) < 4.78 is 0. The number of nitrogens with zero attached hydrogens (tertiary/aromatic N) is 2. The quantitative estimate of drug-likeness (QED) is 0.704. The molecule has 0 bridgehead atoms. The van der Waals surface area contributed by atoms with E-state index in [4.69, 9.17) is 17.3 Å². The predicted molar refractivity (Wildman–Crippen MR) is 73.5 cm³/mol. The van der Waals surface area contributed by atoms with Crippen LogP contribution in [0.15, 0.2) is 30.6 Å². The van der Waals surface area contributed by atoms with Gasteiger partial charge in [0.2, 0.25) is 0 Å². The largest absolute Gasteiger partial charge is 0.384 e. The van der Waals surface area contributed by atoms with Crippen LogP contribution in [-0.4, -0.2) is 15.2 Å². The number of halogens is 1. The molecule has 3 N–H and O–H groups in total. The number of hydrogen-bond donors (Lipinski definition) is 2. The number of anilines is 1. The number of aromatic nitrogens is 3. The topological polar surface area (TPSA) is 67.6 Å². The first-order chi connectivity index (χ1) is 8.65. The Morgan fingerprint density at radius 2 is 2.11 bits per heavy atom. The molecule has 0 fully saturated rings. The molecule has 0 radical (unpaired) electrons. The maximum Gasteiger partial charge on any atom is 0.123 e. The average molecular weight is 259 g/mol. The van der Waals surface area contributed by atoms with E-state index in [1.807, 2.05) is 31.3 Å². The summed E-state index contributed by atoms with van der Waals surface area (Å²) in [7, 11) is 0. The molecule has 0 unspecified atom stereocenters. The van der Waals surface area contributed by atoms with E-state index in [9.17, 15) is 0 Å². The zero-order valence-electron chi connectivity index (χ0n) is 9.74. The van der Waals surface area contributed by atoms with Gasteiger partial charge in [-0.1, -0.05) is 11.6 Å². The van der Waals surface area contributed by atoms with Crippen molar-refractivity contribution in [1.82, 2.24) is 15.2 Å². The minimum absolute atomic E-state index is 0.486. The summed E-state index contributed by atoms with van der Waals surface area (Å²) in [4.78, 5) is 4.05. The van der Waals surface area contributed by atoms with E-state index in [0.29, 0.717) is 10.8 Å². The number of aryl methyl sites for hydroxylation is 1. The van der Waals surface area contributed by atoms with Gasteiger partial charge in [0.1, 0.15) is 5.82 Å². The zero-order valence-corrected chi connectivity index (χ0v) is 10.5. The van der Waals surface area contributed by atoms with Gasteiger partial charge in [-0.05, 0) is 36.1 Å². The summed E-state index contributed by atoms with van der Waals surface area (Å²) >= 11 is 6.27. The highest BCUT2D eigenvalue weighted by Crippen LogP contribution is 2.31. The summed E-state index contributed by atoms with van der Waals surface area (Å²) in [6, 6.07) is 5.77. The lowest BCUT2D eigenvalue weighted by Crippen LogP contribution is -1.90. The third-order valence-corrected chi connectivity index (χ3v) is 3.26. The Kier molecular flexibility index (Phi) is 2.45. The number of H-pyrrole nitrogens is 1. The molecule has 0 spiro atoms. The molecule has 3 aromatic rings. The fraction of sp³-hybridized carbons (Fsp3) is 0.0769. The Morgan fingerprint density at radius 3 is 2.83 bits per heavy atom. The average Bonchev–Trinajstić information content (AvgIpc) is 2.74. The number of nitrogens with two attached hydrogens (primary N) is 1. The van der Waals surface area contributed by atoms with Gasteiger partial charge >= 0.3 is 0 Å². The molecular weight excluding hydrogens is 248 g/mol. The predicted octanol–water partition coefficient (Wildman–Crippen LogP) is 3.17. The molecule has 0 saturated carbocycles. The maximum atomic E-state index is 6.27. The molecular formula is C13H11ClN4. The minimum Gasteiger partial charge on any atom is -0.384 e. The van der Waals surface area contributed by atoms with Crippen LogP contribution in [-0.2, 0) is 0 Å². The summed E-state index contributed by atoms with van der Waals surface area (Å²) in [5.74, 6) is 0.486. The molecule has 0 aliphatic heterocycles. The van der Waals surface area contributed by atoms with Gasteiger partial charge in [-0.15, -0.1) is 0 Å². The number of fused-ring (bicyclic) bond motifs is 1. The zero-order chi connectivity index (χ0) is 12.7. The number of nitrogen functional groups attached to an aromatic ring is 1. The van der Waals surface area contributed by atoms with Gasteiger partial charge in [0, 0.05) is 23.3 Å². The molecule has 5 heteroatoms. The van der Waals surface area contributed by atoms with E-state index in [1.165, 1.54) is 0 Å². The summed E-state index contributed by atoms with van der Waals surface area (Å²) in [5.41, 5.74) is 8.69. The first kappa shape index (κ1) is 11.0. The van der Waals surface area contributed by atoms with Crippen molar-refractivity contribution < 1.29 is 0 Å². The van der Waals surface area contributed by atoms with Gasteiger partial charge in [-0.3, -0.25) is 5.10 Å². The molecule has 2 heterocycles. The van der Waals surface area contributed by atoms with Gasteiger partial charge in [0.25, 0.3) is 0 Å². The van der Waals surface area contributed by atoms with Crippen LogP contribution in [0.5, 0.6) is 0 Å².